The summed E-state index contributed by atoms with van der Waals surface area (Å²) < 4.78 is 5.11. The van der Waals surface area contributed by atoms with Gasteiger partial charge in [-0.1, -0.05) is 0 Å². The number of pyridine rings is 1. The Bertz CT molecular complexity index is 554. The molecule has 0 aliphatic rings. The van der Waals surface area contributed by atoms with Gasteiger partial charge in [-0.25, -0.2) is 0 Å². The zero-order valence-corrected chi connectivity index (χ0v) is 9.42. The van der Waals surface area contributed by atoms with E-state index in [1.54, 1.807) is 12.1 Å². The van der Waals surface area contributed by atoms with Gasteiger partial charge >= 0.3 is 0 Å². The molecule has 2 heterocycles. The second kappa shape index (κ2) is 5.33. The summed E-state index contributed by atoms with van der Waals surface area (Å²) in [6, 6.07) is 5.39. The minimum absolute atomic E-state index is 0.275. The third-order valence-corrected chi connectivity index (χ3v) is 2.42. The number of amides is 1. The summed E-state index contributed by atoms with van der Waals surface area (Å²) in [6.07, 6.45) is 2.78. The molecule has 0 aliphatic carbocycles. The second-order valence-corrected chi connectivity index (χ2v) is 3.67. The smallest absolute Gasteiger partial charge is 0.253 e. The second-order valence-electron chi connectivity index (χ2n) is 3.67. The summed E-state index contributed by atoms with van der Waals surface area (Å²) in [5.74, 6) is 0.0666. The van der Waals surface area contributed by atoms with E-state index in [4.69, 9.17) is 4.42 Å². The molecule has 3 N–H and O–H groups in total. The Morgan fingerprint density at radius 3 is 2.83 bits per heavy atom. The molecule has 1 atom stereocenters. The molecular weight excluding hydrogens is 236 g/mol. The number of hydrogen-bond acceptors (Lipinski definition) is 4. The highest BCUT2D eigenvalue weighted by Crippen LogP contribution is 2.13. The summed E-state index contributed by atoms with van der Waals surface area (Å²) in [5, 5.41) is 11.8. The molecule has 0 radical (unpaired) electrons. The van der Waals surface area contributed by atoms with Gasteiger partial charge in [0.05, 0.1) is 18.4 Å². The van der Waals surface area contributed by atoms with Gasteiger partial charge in [-0.05, 0) is 18.2 Å². The van der Waals surface area contributed by atoms with E-state index >= 15 is 0 Å². The standard InChI is InChI=1S/C12H12N2O4/c15-7-9(10-2-1-5-18-10)14-12(17)8-3-4-11(16)13-6-8/h1-6,9,15H,7H2,(H,13,16)(H,14,17). The molecule has 0 spiro atoms. The zero-order chi connectivity index (χ0) is 13.0. The quantitative estimate of drug-likeness (QED) is 0.731. The van der Waals surface area contributed by atoms with Crippen LogP contribution in [0.2, 0.25) is 0 Å². The Hall–Kier alpha value is -2.34. The van der Waals surface area contributed by atoms with Crippen LogP contribution >= 0.6 is 0 Å². The highest BCUT2D eigenvalue weighted by molar-refractivity contribution is 5.94. The van der Waals surface area contributed by atoms with Crippen LogP contribution in [-0.2, 0) is 0 Å². The van der Waals surface area contributed by atoms with Gasteiger partial charge in [0.25, 0.3) is 5.91 Å². The fourth-order valence-electron chi connectivity index (χ4n) is 1.49. The van der Waals surface area contributed by atoms with Crippen LogP contribution in [0.15, 0.2) is 45.9 Å². The van der Waals surface area contributed by atoms with Gasteiger partial charge in [-0.15, -0.1) is 0 Å². The van der Waals surface area contributed by atoms with E-state index < -0.39 is 11.9 Å². The van der Waals surface area contributed by atoms with Crippen molar-refractivity contribution in [1.29, 1.82) is 0 Å². The van der Waals surface area contributed by atoms with Gasteiger partial charge in [0.15, 0.2) is 0 Å². The number of nitrogens with one attached hydrogen (secondary N) is 2. The average Bonchev–Trinajstić information content (AvgIpc) is 2.90. The minimum Gasteiger partial charge on any atom is -0.467 e. The summed E-state index contributed by atoms with van der Waals surface area (Å²) >= 11 is 0. The van der Waals surface area contributed by atoms with Crippen molar-refractivity contribution < 1.29 is 14.3 Å². The Morgan fingerprint density at radius 1 is 1.44 bits per heavy atom. The predicted molar refractivity (Wildman–Crippen MR) is 63.1 cm³/mol. The molecule has 2 rings (SSSR count). The number of hydrogen-bond donors (Lipinski definition) is 3. The summed E-state index contributed by atoms with van der Waals surface area (Å²) in [6.45, 7) is -0.275. The van der Waals surface area contributed by atoms with E-state index in [2.05, 4.69) is 10.3 Å². The maximum Gasteiger partial charge on any atom is 0.253 e. The summed E-state index contributed by atoms with van der Waals surface area (Å²) in [7, 11) is 0. The third-order valence-electron chi connectivity index (χ3n) is 2.42. The summed E-state index contributed by atoms with van der Waals surface area (Å²) in [5.41, 5.74) is 0.0240. The molecule has 0 aromatic carbocycles. The lowest BCUT2D eigenvalue weighted by atomic mass is 10.2. The number of furan rings is 1. The molecule has 0 bridgehead atoms. The monoisotopic (exact) mass is 248 g/mol. The Balaban J connectivity index is 2.10. The van der Waals surface area contributed by atoms with E-state index in [0.29, 0.717) is 11.3 Å². The van der Waals surface area contributed by atoms with Crippen molar-refractivity contribution in [3.8, 4) is 0 Å². The molecule has 0 saturated heterocycles. The molecule has 2 aromatic rings. The van der Waals surface area contributed by atoms with E-state index in [1.165, 1.54) is 24.6 Å². The van der Waals surface area contributed by atoms with Crippen LogP contribution in [0.3, 0.4) is 0 Å². The van der Waals surface area contributed by atoms with Crippen LogP contribution in [0.1, 0.15) is 22.2 Å². The van der Waals surface area contributed by atoms with Crippen LogP contribution in [0.4, 0.5) is 0 Å². The van der Waals surface area contributed by atoms with Gasteiger partial charge < -0.3 is 19.8 Å². The lowest BCUT2D eigenvalue weighted by molar-refractivity contribution is 0.0907. The predicted octanol–water partition coefficient (Wildman–Crippen LogP) is 0.431. The van der Waals surface area contributed by atoms with Gasteiger partial charge in [-0.2, -0.15) is 0 Å². The number of rotatable bonds is 4. The molecule has 6 heteroatoms. The number of carbonyl (C=O) groups is 1. The number of aliphatic hydroxyl groups excluding tert-OH is 1. The van der Waals surface area contributed by atoms with Crippen molar-refractivity contribution >= 4 is 5.91 Å². The number of aromatic amines is 1. The van der Waals surface area contributed by atoms with Crippen LogP contribution in [0, 0.1) is 0 Å². The molecule has 0 saturated carbocycles. The first-order valence-corrected chi connectivity index (χ1v) is 5.34. The normalized spacial score (nSPS) is 12.1. The van der Waals surface area contributed by atoms with Crippen LogP contribution in [0.5, 0.6) is 0 Å². The fourth-order valence-corrected chi connectivity index (χ4v) is 1.49. The maximum absolute atomic E-state index is 11.8. The molecule has 6 nitrogen and oxygen atoms in total. The Labute approximate surface area is 102 Å². The zero-order valence-electron chi connectivity index (χ0n) is 9.42. The first kappa shape index (κ1) is 12.1. The largest absolute Gasteiger partial charge is 0.467 e. The van der Waals surface area contributed by atoms with Crippen LogP contribution < -0.4 is 10.9 Å². The molecule has 0 fully saturated rings. The number of H-pyrrole nitrogens is 1. The van der Waals surface area contributed by atoms with E-state index in [-0.39, 0.29) is 12.2 Å². The number of aromatic nitrogens is 1. The van der Waals surface area contributed by atoms with Gasteiger partial charge in [0.1, 0.15) is 11.8 Å². The van der Waals surface area contributed by atoms with Crippen LogP contribution in [0.25, 0.3) is 0 Å². The molecule has 0 aliphatic heterocycles. The van der Waals surface area contributed by atoms with Crippen molar-refractivity contribution in [2.24, 2.45) is 0 Å². The lowest BCUT2D eigenvalue weighted by Gasteiger charge is -2.13. The van der Waals surface area contributed by atoms with Gasteiger partial charge in [-0.3, -0.25) is 9.59 Å². The molecular formula is C12H12N2O4. The van der Waals surface area contributed by atoms with E-state index in [0.717, 1.165) is 0 Å². The number of aliphatic hydroxyl groups is 1. The van der Waals surface area contributed by atoms with Crippen molar-refractivity contribution in [2.45, 2.75) is 6.04 Å². The van der Waals surface area contributed by atoms with Gasteiger partial charge in [0.2, 0.25) is 5.56 Å². The van der Waals surface area contributed by atoms with Crippen molar-refractivity contribution in [2.75, 3.05) is 6.61 Å². The van der Waals surface area contributed by atoms with Crippen molar-refractivity contribution in [1.82, 2.24) is 10.3 Å². The van der Waals surface area contributed by atoms with Gasteiger partial charge in [0, 0.05) is 12.3 Å². The highest BCUT2D eigenvalue weighted by Gasteiger charge is 2.17. The maximum atomic E-state index is 11.8. The molecule has 18 heavy (non-hydrogen) atoms. The average molecular weight is 248 g/mol. The molecule has 1 unspecified atom stereocenters. The first-order valence-electron chi connectivity index (χ1n) is 5.34. The van der Waals surface area contributed by atoms with Crippen LogP contribution in [-0.4, -0.2) is 22.6 Å². The molecule has 2 aromatic heterocycles. The number of carbonyl (C=O) groups excluding carboxylic acids is 1. The third kappa shape index (κ3) is 2.67. The Morgan fingerprint density at radius 2 is 2.28 bits per heavy atom. The lowest BCUT2D eigenvalue weighted by Crippen LogP contribution is -2.30. The Kier molecular flexibility index (Phi) is 3.59. The summed E-state index contributed by atoms with van der Waals surface area (Å²) in [4.78, 5) is 25.1. The minimum atomic E-state index is -0.612. The molecule has 94 valence electrons. The van der Waals surface area contributed by atoms with Crippen molar-refractivity contribution in [3.05, 3.63) is 58.4 Å². The SMILES string of the molecule is O=C(NC(CO)c1ccco1)c1ccc(=O)[nH]c1. The highest BCUT2D eigenvalue weighted by atomic mass is 16.3. The fraction of sp³-hybridized carbons (Fsp3) is 0.167. The molecule has 1 amide bonds. The van der Waals surface area contributed by atoms with E-state index in [1.807, 2.05) is 0 Å². The van der Waals surface area contributed by atoms with Crippen molar-refractivity contribution in [3.63, 3.8) is 0 Å². The van der Waals surface area contributed by atoms with E-state index in [9.17, 15) is 14.7 Å². The first-order chi connectivity index (χ1) is 8.70. The topological polar surface area (TPSA) is 95.3 Å².